The quantitative estimate of drug-likeness (QED) is 0.335. The summed E-state index contributed by atoms with van der Waals surface area (Å²) in [6.07, 6.45) is 5.76. The lowest BCUT2D eigenvalue weighted by Gasteiger charge is -2.64. The number of carbonyl (C=O) groups excluding carboxylic acids is 2. The Bertz CT molecular complexity index is 1240. The second kappa shape index (κ2) is 10.5. The number of ether oxygens (including phenoxy) is 2. The SMILES string of the molecule is Cc1c(CCB2O[C@@H]3C[C@@H]4C[C@@H](C4(C)C)[C@]3(C)O2)ccc(OC2CN(C(=O)[C@@H]3CCCN3C)C2)c1C(=O)OC(C)(C)C. The van der Waals surface area contributed by atoms with Gasteiger partial charge in [0.25, 0.3) is 0 Å². The Morgan fingerprint density at radius 1 is 1.14 bits per heavy atom. The molecule has 2 bridgehead atoms. The highest BCUT2D eigenvalue weighted by Crippen LogP contribution is 2.65. The summed E-state index contributed by atoms with van der Waals surface area (Å²) in [4.78, 5) is 30.4. The number of aryl methyl sites for hydroxylation is 1. The zero-order valence-electron chi connectivity index (χ0n) is 26.8. The van der Waals surface area contributed by atoms with Crippen LogP contribution in [0.1, 0.15) is 88.7 Å². The molecule has 8 nitrogen and oxygen atoms in total. The van der Waals surface area contributed by atoms with E-state index in [2.05, 4.69) is 31.7 Å². The molecule has 42 heavy (non-hydrogen) atoms. The van der Waals surface area contributed by atoms with E-state index in [0.717, 1.165) is 55.6 Å². The van der Waals surface area contributed by atoms with Crippen molar-refractivity contribution in [2.75, 3.05) is 26.7 Å². The van der Waals surface area contributed by atoms with Crippen LogP contribution in [0.4, 0.5) is 0 Å². The second-order valence-corrected chi connectivity index (χ2v) is 15.3. The summed E-state index contributed by atoms with van der Waals surface area (Å²) in [7, 11) is 1.77. The third kappa shape index (κ3) is 5.17. The first-order valence-corrected chi connectivity index (χ1v) is 16.0. The topological polar surface area (TPSA) is 77.5 Å². The average molecular weight is 581 g/mol. The summed E-state index contributed by atoms with van der Waals surface area (Å²) in [5.41, 5.74) is 1.87. The van der Waals surface area contributed by atoms with Crippen LogP contribution in [-0.2, 0) is 25.3 Å². The van der Waals surface area contributed by atoms with Crippen molar-refractivity contribution < 1.29 is 28.4 Å². The standard InChI is InChI=1S/C33H49BN2O6/c1-20-21(13-14-34-41-27-17-22-16-26(32(22,5)6)33(27,7)42-34)11-12-25(28(20)30(38)40-31(2,3)4)39-23-18-36(19-23)29(37)24-10-9-15-35(24)8/h11-12,22-24,26-27H,9-10,13-19H2,1-8H3/t22-,24-,26-,27+,33-/m0/s1. The molecule has 7 rings (SSSR count). The minimum atomic E-state index is -0.629. The Labute approximate surface area is 251 Å². The molecule has 9 heteroatoms. The van der Waals surface area contributed by atoms with Gasteiger partial charge in [-0.3, -0.25) is 9.69 Å². The van der Waals surface area contributed by atoms with E-state index in [-0.39, 0.29) is 42.8 Å². The summed E-state index contributed by atoms with van der Waals surface area (Å²) < 4.78 is 25.3. The van der Waals surface area contributed by atoms with Crippen molar-refractivity contribution in [2.45, 2.75) is 116 Å². The molecule has 3 aliphatic heterocycles. The monoisotopic (exact) mass is 580 g/mol. The molecule has 0 N–H and O–H groups in total. The second-order valence-electron chi connectivity index (χ2n) is 15.3. The van der Waals surface area contributed by atoms with Crippen LogP contribution < -0.4 is 4.74 Å². The number of esters is 1. The first kappa shape index (κ1) is 30.0. The Kier molecular flexibility index (Phi) is 7.50. The molecule has 0 aromatic heterocycles. The molecule has 3 aliphatic carbocycles. The molecule has 1 aromatic carbocycles. The summed E-state index contributed by atoms with van der Waals surface area (Å²) in [5, 5.41) is 0. The molecule has 0 spiro atoms. The van der Waals surface area contributed by atoms with Gasteiger partial charge in [-0.05, 0) is 121 Å². The van der Waals surface area contributed by atoms with Gasteiger partial charge in [-0.25, -0.2) is 4.79 Å². The van der Waals surface area contributed by atoms with Gasteiger partial charge in [0.1, 0.15) is 23.0 Å². The lowest BCUT2D eigenvalue weighted by Crippen LogP contribution is -2.65. The molecular weight excluding hydrogens is 531 g/mol. The minimum Gasteiger partial charge on any atom is -0.486 e. The van der Waals surface area contributed by atoms with E-state index in [1.165, 1.54) is 6.42 Å². The highest BCUT2D eigenvalue weighted by atomic mass is 16.7. The van der Waals surface area contributed by atoms with Gasteiger partial charge < -0.3 is 23.7 Å². The Hall–Kier alpha value is -2.10. The van der Waals surface area contributed by atoms with Crippen molar-refractivity contribution >= 4 is 19.0 Å². The van der Waals surface area contributed by atoms with Gasteiger partial charge >= 0.3 is 13.1 Å². The van der Waals surface area contributed by atoms with E-state index in [1.807, 2.05) is 45.7 Å². The molecular formula is C33H49BN2O6. The van der Waals surface area contributed by atoms with Crippen LogP contribution in [0.3, 0.4) is 0 Å². The molecule has 6 aliphatic rings. The van der Waals surface area contributed by atoms with Crippen LogP contribution in [0.2, 0.25) is 6.32 Å². The van der Waals surface area contributed by atoms with Gasteiger partial charge in [0.15, 0.2) is 0 Å². The largest absolute Gasteiger partial charge is 0.486 e. The zero-order valence-corrected chi connectivity index (χ0v) is 26.8. The van der Waals surface area contributed by atoms with E-state index in [1.54, 1.807) is 0 Å². The number of carbonyl (C=O) groups is 2. The molecule has 3 saturated heterocycles. The maximum atomic E-state index is 13.5. The number of likely N-dealkylation sites (N-methyl/N-ethyl adjacent to an activating group) is 1. The average Bonchev–Trinajstić information content (AvgIpc) is 3.45. The lowest BCUT2D eigenvalue weighted by molar-refractivity contribution is -0.199. The molecule has 3 heterocycles. The molecule has 5 atom stereocenters. The number of hydrogen-bond donors (Lipinski definition) is 0. The van der Waals surface area contributed by atoms with Crippen LogP contribution in [0.5, 0.6) is 5.75 Å². The van der Waals surface area contributed by atoms with E-state index < -0.39 is 5.60 Å². The van der Waals surface area contributed by atoms with Crippen molar-refractivity contribution in [3.63, 3.8) is 0 Å². The molecule has 0 unspecified atom stereocenters. The fraction of sp³-hybridized carbons (Fsp3) is 0.758. The Morgan fingerprint density at radius 3 is 2.52 bits per heavy atom. The third-order valence-corrected chi connectivity index (χ3v) is 11.1. The maximum Gasteiger partial charge on any atom is 0.457 e. The molecule has 3 saturated carbocycles. The Morgan fingerprint density at radius 2 is 1.88 bits per heavy atom. The number of hydrogen-bond acceptors (Lipinski definition) is 7. The van der Waals surface area contributed by atoms with Gasteiger partial charge in [0, 0.05) is 0 Å². The smallest absolute Gasteiger partial charge is 0.457 e. The van der Waals surface area contributed by atoms with Crippen molar-refractivity contribution in [3.05, 3.63) is 28.8 Å². The Balaban J connectivity index is 1.13. The summed E-state index contributed by atoms with van der Waals surface area (Å²) >= 11 is 0. The van der Waals surface area contributed by atoms with Crippen molar-refractivity contribution in [1.29, 1.82) is 0 Å². The van der Waals surface area contributed by atoms with E-state index in [9.17, 15) is 9.59 Å². The summed E-state index contributed by atoms with van der Waals surface area (Å²) in [5.74, 6) is 1.58. The maximum absolute atomic E-state index is 13.5. The molecule has 0 radical (unpaired) electrons. The number of likely N-dealkylation sites (tertiary alicyclic amines) is 2. The van der Waals surface area contributed by atoms with Gasteiger partial charge in [-0.1, -0.05) is 19.9 Å². The van der Waals surface area contributed by atoms with Gasteiger partial charge in [0.05, 0.1) is 30.8 Å². The minimum absolute atomic E-state index is 0.0265. The molecule has 1 amide bonds. The summed E-state index contributed by atoms with van der Waals surface area (Å²) in [6.45, 7) is 16.6. The highest BCUT2D eigenvalue weighted by molar-refractivity contribution is 6.45. The van der Waals surface area contributed by atoms with E-state index in [4.69, 9.17) is 18.8 Å². The van der Waals surface area contributed by atoms with Crippen LogP contribution in [0.25, 0.3) is 0 Å². The van der Waals surface area contributed by atoms with Crippen molar-refractivity contribution in [3.8, 4) is 5.75 Å². The lowest BCUT2D eigenvalue weighted by atomic mass is 9.43. The molecule has 1 aromatic rings. The van der Waals surface area contributed by atoms with Crippen LogP contribution in [0.15, 0.2) is 12.1 Å². The molecule has 230 valence electrons. The fourth-order valence-corrected chi connectivity index (χ4v) is 8.34. The van der Waals surface area contributed by atoms with Crippen molar-refractivity contribution in [1.82, 2.24) is 9.80 Å². The van der Waals surface area contributed by atoms with Crippen LogP contribution >= 0.6 is 0 Å². The third-order valence-electron chi connectivity index (χ3n) is 11.1. The first-order valence-electron chi connectivity index (χ1n) is 16.0. The first-order chi connectivity index (χ1) is 19.7. The number of benzene rings is 1. The fourth-order valence-electron chi connectivity index (χ4n) is 8.34. The van der Waals surface area contributed by atoms with Gasteiger partial charge in [0.2, 0.25) is 5.91 Å². The normalized spacial score (nSPS) is 32.3. The van der Waals surface area contributed by atoms with Crippen molar-refractivity contribution in [2.24, 2.45) is 17.3 Å². The summed E-state index contributed by atoms with van der Waals surface area (Å²) in [6, 6.07) is 3.92. The van der Waals surface area contributed by atoms with E-state index >= 15 is 0 Å². The number of rotatable bonds is 7. The number of amides is 1. The van der Waals surface area contributed by atoms with Gasteiger partial charge in [-0.15, -0.1) is 0 Å². The van der Waals surface area contributed by atoms with E-state index in [0.29, 0.717) is 35.7 Å². The highest BCUT2D eigenvalue weighted by Gasteiger charge is 2.67. The van der Waals surface area contributed by atoms with Crippen LogP contribution in [0, 0.1) is 24.2 Å². The zero-order chi connectivity index (χ0) is 30.2. The molecule has 6 fully saturated rings. The van der Waals surface area contributed by atoms with Crippen LogP contribution in [-0.4, -0.2) is 84.9 Å². The van der Waals surface area contributed by atoms with Gasteiger partial charge in [-0.2, -0.15) is 0 Å². The number of nitrogens with zero attached hydrogens (tertiary/aromatic N) is 2. The predicted octanol–water partition coefficient (Wildman–Crippen LogP) is 4.90. The predicted molar refractivity (Wildman–Crippen MR) is 162 cm³/mol.